The van der Waals surface area contributed by atoms with Crippen molar-refractivity contribution in [2.45, 2.75) is 58.5 Å². The zero-order chi connectivity index (χ0) is 14.5. The molecule has 0 aliphatic heterocycles. The Labute approximate surface area is 120 Å². The highest BCUT2D eigenvalue weighted by Gasteiger charge is 2.21. The van der Waals surface area contributed by atoms with Crippen molar-refractivity contribution in [2.75, 3.05) is 0 Å². The molecule has 0 bridgehead atoms. The number of aromatic nitrogens is 1. The van der Waals surface area contributed by atoms with E-state index in [1.165, 1.54) is 0 Å². The zero-order valence-corrected chi connectivity index (χ0v) is 12.4. The Hall–Kier alpha value is -1.58. The summed E-state index contributed by atoms with van der Waals surface area (Å²) in [6.07, 6.45) is 6.96. The smallest absolute Gasteiger partial charge is 0.263 e. The molecule has 1 heterocycles. The van der Waals surface area contributed by atoms with Crippen LogP contribution >= 0.6 is 0 Å². The predicted molar refractivity (Wildman–Crippen MR) is 79.9 cm³/mol. The van der Waals surface area contributed by atoms with Crippen molar-refractivity contribution in [1.82, 2.24) is 9.88 Å². The number of hydrogen-bond donors (Lipinski definition) is 1. The summed E-state index contributed by atoms with van der Waals surface area (Å²) in [4.78, 5) is 24.4. The van der Waals surface area contributed by atoms with Gasteiger partial charge in [0.25, 0.3) is 11.5 Å². The van der Waals surface area contributed by atoms with Crippen LogP contribution in [0, 0.1) is 5.92 Å². The first kappa shape index (κ1) is 14.8. The lowest BCUT2D eigenvalue weighted by Crippen LogP contribution is -2.40. The van der Waals surface area contributed by atoms with Crippen molar-refractivity contribution in [3.8, 4) is 0 Å². The standard InChI is InChI=1S/C16H24N2O2/c1-3-10-18-11-4-5-14(16(18)20)15(19)17-13-8-6-12(2)7-9-13/h4-5,11-13H,3,6-10H2,1-2H3,(H,17,19). The first-order valence-corrected chi connectivity index (χ1v) is 7.62. The average Bonchev–Trinajstić information content (AvgIpc) is 2.44. The van der Waals surface area contributed by atoms with E-state index in [1.54, 1.807) is 22.9 Å². The van der Waals surface area contributed by atoms with E-state index in [9.17, 15) is 9.59 Å². The summed E-state index contributed by atoms with van der Waals surface area (Å²) in [6, 6.07) is 3.61. The second-order valence-electron chi connectivity index (χ2n) is 5.85. The van der Waals surface area contributed by atoms with Crippen LogP contribution in [-0.2, 0) is 6.54 Å². The Balaban J connectivity index is 2.06. The number of pyridine rings is 1. The normalized spacial score (nSPS) is 22.5. The second-order valence-corrected chi connectivity index (χ2v) is 5.85. The van der Waals surface area contributed by atoms with Gasteiger partial charge in [0.2, 0.25) is 0 Å². The Morgan fingerprint density at radius 3 is 2.70 bits per heavy atom. The van der Waals surface area contributed by atoms with Gasteiger partial charge in [0, 0.05) is 18.8 Å². The van der Waals surface area contributed by atoms with Crippen molar-refractivity contribution in [3.63, 3.8) is 0 Å². The fourth-order valence-electron chi connectivity index (χ4n) is 2.79. The molecule has 0 aromatic carbocycles. The van der Waals surface area contributed by atoms with Gasteiger partial charge in [-0.15, -0.1) is 0 Å². The summed E-state index contributed by atoms with van der Waals surface area (Å²) < 4.78 is 1.61. The molecule has 4 heteroatoms. The Bertz CT molecular complexity index is 513. The number of rotatable bonds is 4. The first-order valence-electron chi connectivity index (χ1n) is 7.62. The molecule has 0 radical (unpaired) electrons. The van der Waals surface area contributed by atoms with E-state index in [1.807, 2.05) is 6.92 Å². The maximum atomic E-state index is 12.2. The molecule has 1 amide bonds. The van der Waals surface area contributed by atoms with Crippen LogP contribution < -0.4 is 10.9 Å². The SMILES string of the molecule is CCCn1cccc(C(=O)NC2CCC(C)CC2)c1=O. The van der Waals surface area contributed by atoms with Crippen molar-refractivity contribution in [1.29, 1.82) is 0 Å². The number of hydrogen-bond acceptors (Lipinski definition) is 2. The summed E-state index contributed by atoms with van der Waals surface area (Å²) in [5, 5.41) is 3.01. The van der Waals surface area contributed by atoms with E-state index in [-0.39, 0.29) is 23.1 Å². The van der Waals surface area contributed by atoms with Gasteiger partial charge in [0.05, 0.1) is 0 Å². The summed E-state index contributed by atoms with van der Waals surface area (Å²) in [5.74, 6) is 0.529. The van der Waals surface area contributed by atoms with E-state index in [4.69, 9.17) is 0 Å². The summed E-state index contributed by atoms with van der Waals surface area (Å²) >= 11 is 0. The van der Waals surface area contributed by atoms with Gasteiger partial charge in [-0.3, -0.25) is 9.59 Å². The van der Waals surface area contributed by atoms with Crippen LogP contribution in [0.2, 0.25) is 0 Å². The van der Waals surface area contributed by atoms with E-state index < -0.39 is 0 Å². The monoisotopic (exact) mass is 276 g/mol. The number of nitrogens with zero attached hydrogens (tertiary/aromatic N) is 1. The summed E-state index contributed by atoms with van der Waals surface area (Å²) in [6.45, 7) is 4.92. The highest BCUT2D eigenvalue weighted by atomic mass is 16.2. The fraction of sp³-hybridized carbons (Fsp3) is 0.625. The molecule has 110 valence electrons. The molecule has 2 rings (SSSR count). The van der Waals surface area contributed by atoms with E-state index in [0.29, 0.717) is 6.54 Å². The number of amides is 1. The lowest BCUT2D eigenvalue weighted by Gasteiger charge is -2.26. The molecule has 1 aromatic heterocycles. The molecule has 0 atom stereocenters. The third-order valence-corrected chi connectivity index (χ3v) is 4.08. The maximum Gasteiger partial charge on any atom is 0.263 e. The molecule has 1 aromatic rings. The Kier molecular flexibility index (Phi) is 4.99. The molecule has 0 saturated heterocycles. The van der Waals surface area contributed by atoms with Crippen LogP contribution in [0.5, 0.6) is 0 Å². The molecule has 4 nitrogen and oxygen atoms in total. The van der Waals surface area contributed by atoms with Gasteiger partial charge < -0.3 is 9.88 Å². The molecule has 1 aliphatic rings. The lowest BCUT2D eigenvalue weighted by atomic mass is 9.87. The molecule has 0 spiro atoms. The molecular weight excluding hydrogens is 252 g/mol. The predicted octanol–water partition coefficient (Wildman–Crippen LogP) is 2.57. The molecule has 1 saturated carbocycles. The summed E-state index contributed by atoms with van der Waals surface area (Å²) in [7, 11) is 0. The lowest BCUT2D eigenvalue weighted by molar-refractivity contribution is 0.0921. The fourth-order valence-corrected chi connectivity index (χ4v) is 2.79. The van der Waals surface area contributed by atoms with Crippen molar-refractivity contribution >= 4 is 5.91 Å². The molecular formula is C16H24N2O2. The minimum Gasteiger partial charge on any atom is -0.349 e. The quantitative estimate of drug-likeness (QED) is 0.919. The van der Waals surface area contributed by atoms with Crippen molar-refractivity contribution < 1.29 is 4.79 Å². The second kappa shape index (κ2) is 6.73. The van der Waals surface area contributed by atoms with E-state index in [2.05, 4.69) is 12.2 Å². The Morgan fingerprint density at radius 1 is 1.35 bits per heavy atom. The summed E-state index contributed by atoms with van der Waals surface area (Å²) in [5.41, 5.74) is 0.0793. The van der Waals surface area contributed by atoms with E-state index >= 15 is 0 Å². The number of carbonyl (C=O) groups excluding carboxylic acids is 1. The number of carbonyl (C=O) groups is 1. The number of nitrogens with one attached hydrogen (secondary N) is 1. The van der Waals surface area contributed by atoms with Crippen LogP contribution in [0.4, 0.5) is 0 Å². The van der Waals surface area contributed by atoms with Crippen molar-refractivity contribution in [2.24, 2.45) is 5.92 Å². The maximum absolute atomic E-state index is 12.2. The van der Waals surface area contributed by atoms with Gasteiger partial charge >= 0.3 is 0 Å². The highest BCUT2D eigenvalue weighted by molar-refractivity contribution is 5.93. The van der Waals surface area contributed by atoms with Gasteiger partial charge in [0.15, 0.2) is 0 Å². The minimum atomic E-state index is -0.222. The van der Waals surface area contributed by atoms with Gasteiger partial charge in [-0.25, -0.2) is 0 Å². The average molecular weight is 276 g/mol. The molecule has 1 aliphatic carbocycles. The van der Waals surface area contributed by atoms with Crippen LogP contribution in [-0.4, -0.2) is 16.5 Å². The van der Waals surface area contributed by atoms with Crippen LogP contribution in [0.1, 0.15) is 56.3 Å². The molecule has 1 fully saturated rings. The van der Waals surface area contributed by atoms with Gasteiger partial charge in [0.1, 0.15) is 5.56 Å². The topological polar surface area (TPSA) is 51.1 Å². The first-order chi connectivity index (χ1) is 9.61. The largest absolute Gasteiger partial charge is 0.349 e. The molecule has 1 N–H and O–H groups in total. The van der Waals surface area contributed by atoms with Crippen LogP contribution in [0.3, 0.4) is 0 Å². The van der Waals surface area contributed by atoms with Crippen molar-refractivity contribution in [3.05, 3.63) is 34.2 Å². The van der Waals surface area contributed by atoms with Gasteiger partial charge in [-0.2, -0.15) is 0 Å². The van der Waals surface area contributed by atoms with E-state index in [0.717, 1.165) is 38.0 Å². The van der Waals surface area contributed by atoms with Crippen LogP contribution in [0.25, 0.3) is 0 Å². The zero-order valence-electron chi connectivity index (χ0n) is 12.4. The molecule has 0 unspecified atom stereocenters. The third-order valence-electron chi connectivity index (χ3n) is 4.08. The highest BCUT2D eigenvalue weighted by Crippen LogP contribution is 2.23. The minimum absolute atomic E-state index is 0.184. The Morgan fingerprint density at radius 2 is 2.05 bits per heavy atom. The van der Waals surface area contributed by atoms with Gasteiger partial charge in [-0.1, -0.05) is 13.8 Å². The third kappa shape index (κ3) is 3.50. The van der Waals surface area contributed by atoms with Crippen LogP contribution in [0.15, 0.2) is 23.1 Å². The number of aryl methyl sites for hydroxylation is 1. The van der Waals surface area contributed by atoms with Gasteiger partial charge in [-0.05, 0) is 50.2 Å². The molecule has 20 heavy (non-hydrogen) atoms.